The molecule has 0 unspecified atom stereocenters. The molecule has 0 aliphatic carbocycles. The fourth-order valence-electron chi connectivity index (χ4n) is 2.30. The third kappa shape index (κ3) is 5.03. The third-order valence-electron chi connectivity index (χ3n) is 3.72. The molecule has 7 nitrogen and oxygen atoms in total. The standard InChI is InChI=1S/C18H23N5O2/c1-21-18(25)23(16-8-4-14(11-20)5-9-16)12-17(24)22-15-6-2-13(10-19)3-7-15/h2-9H,10-12,19-20H2,1H3,(H,21,25)(H,22,24). The summed E-state index contributed by atoms with van der Waals surface area (Å²) in [4.78, 5) is 25.8. The molecule has 0 fully saturated rings. The largest absolute Gasteiger partial charge is 0.341 e. The normalized spacial score (nSPS) is 10.2. The Kier molecular flexibility index (Phi) is 6.50. The maximum Gasteiger partial charge on any atom is 0.322 e. The summed E-state index contributed by atoms with van der Waals surface area (Å²) in [5.41, 5.74) is 14.3. The molecule has 3 amide bonds. The first-order valence-corrected chi connectivity index (χ1v) is 7.94. The van der Waals surface area contributed by atoms with Crippen LogP contribution in [0, 0.1) is 0 Å². The van der Waals surface area contributed by atoms with Crippen LogP contribution in [-0.2, 0) is 17.9 Å². The second-order valence-corrected chi connectivity index (χ2v) is 5.46. The summed E-state index contributed by atoms with van der Waals surface area (Å²) < 4.78 is 0. The zero-order valence-corrected chi connectivity index (χ0v) is 14.2. The van der Waals surface area contributed by atoms with Crippen LogP contribution in [0.4, 0.5) is 16.2 Å². The van der Waals surface area contributed by atoms with Crippen LogP contribution >= 0.6 is 0 Å². The molecule has 132 valence electrons. The van der Waals surface area contributed by atoms with E-state index in [1.807, 2.05) is 24.3 Å². The monoisotopic (exact) mass is 341 g/mol. The number of hydrogen-bond donors (Lipinski definition) is 4. The molecule has 2 aromatic carbocycles. The number of hydrogen-bond acceptors (Lipinski definition) is 4. The van der Waals surface area contributed by atoms with Crippen LogP contribution in [0.3, 0.4) is 0 Å². The van der Waals surface area contributed by atoms with E-state index in [9.17, 15) is 9.59 Å². The summed E-state index contributed by atoms with van der Waals surface area (Å²) in [6, 6.07) is 14.1. The predicted octanol–water partition coefficient (Wildman–Crippen LogP) is 1.39. The van der Waals surface area contributed by atoms with E-state index in [2.05, 4.69) is 10.6 Å². The van der Waals surface area contributed by atoms with Crippen LogP contribution < -0.4 is 27.0 Å². The topological polar surface area (TPSA) is 113 Å². The molecule has 25 heavy (non-hydrogen) atoms. The number of nitrogens with one attached hydrogen (secondary N) is 2. The summed E-state index contributed by atoms with van der Waals surface area (Å²) in [7, 11) is 1.52. The van der Waals surface area contributed by atoms with Gasteiger partial charge in [-0.3, -0.25) is 9.69 Å². The molecular weight excluding hydrogens is 318 g/mol. The number of amides is 3. The predicted molar refractivity (Wildman–Crippen MR) is 99.1 cm³/mol. The molecule has 0 aliphatic heterocycles. The van der Waals surface area contributed by atoms with Gasteiger partial charge in [-0.25, -0.2) is 4.79 Å². The molecule has 0 bridgehead atoms. The van der Waals surface area contributed by atoms with Crippen molar-refractivity contribution < 1.29 is 9.59 Å². The third-order valence-corrected chi connectivity index (χ3v) is 3.72. The van der Waals surface area contributed by atoms with Crippen molar-refractivity contribution in [3.63, 3.8) is 0 Å². The number of benzene rings is 2. The number of anilines is 2. The minimum Gasteiger partial charge on any atom is -0.341 e. The van der Waals surface area contributed by atoms with Gasteiger partial charge >= 0.3 is 6.03 Å². The Morgan fingerprint density at radius 3 is 1.92 bits per heavy atom. The molecule has 0 saturated carbocycles. The van der Waals surface area contributed by atoms with Gasteiger partial charge in [-0.1, -0.05) is 24.3 Å². The van der Waals surface area contributed by atoms with E-state index in [0.717, 1.165) is 11.1 Å². The number of nitrogens with two attached hydrogens (primary N) is 2. The number of rotatable bonds is 6. The fourth-order valence-corrected chi connectivity index (χ4v) is 2.30. The highest BCUT2D eigenvalue weighted by Gasteiger charge is 2.18. The zero-order valence-electron chi connectivity index (χ0n) is 14.2. The van der Waals surface area contributed by atoms with Crippen LogP contribution in [0.2, 0.25) is 0 Å². The smallest absolute Gasteiger partial charge is 0.322 e. The molecule has 2 rings (SSSR count). The first kappa shape index (κ1) is 18.4. The summed E-state index contributed by atoms with van der Waals surface area (Å²) in [5.74, 6) is -0.299. The number of carbonyl (C=O) groups is 2. The molecule has 2 aromatic rings. The average molecular weight is 341 g/mol. The first-order chi connectivity index (χ1) is 12.1. The minimum absolute atomic E-state index is 0.111. The van der Waals surface area contributed by atoms with E-state index in [0.29, 0.717) is 24.5 Å². The molecular formula is C18H23N5O2. The molecule has 0 radical (unpaired) electrons. The summed E-state index contributed by atoms with van der Waals surface area (Å²) in [6.45, 7) is 0.747. The van der Waals surface area contributed by atoms with Gasteiger partial charge in [-0.2, -0.15) is 0 Å². The molecule has 0 heterocycles. The molecule has 0 aliphatic rings. The van der Waals surface area contributed by atoms with E-state index in [4.69, 9.17) is 11.5 Å². The van der Waals surface area contributed by atoms with Crippen molar-refractivity contribution in [1.82, 2.24) is 5.32 Å². The van der Waals surface area contributed by atoms with Crippen molar-refractivity contribution in [3.8, 4) is 0 Å². The maximum absolute atomic E-state index is 12.3. The van der Waals surface area contributed by atoms with Gasteiger partial charge in [-0.15, -0.1) is 0 Å². The molecule has 7 heteroatoms. The lowest BCUT2D eigenvalue weighted by atomic mass is 10.2. The number of urea groups is 1. The van der Waals surface area contributed by atoms with Gasteiger partial charge in [0.15, 0.2) is 0 Å². The van der Waals surface area contributed by atoms with Gasteiger partial charge in [0.05, 0.1) is 0 Å². The van der Waals surface area contributed by atoms with Crippen molar-refractivity contribution in [3.05, 3.63) is 59.7 Å². The minimum atomic E-state index is -0.367. The van der Waals surface area contributed by atoms with Crippen LogP contribution in [0.5, 0.6) is 0 Å². The molecule has 0 aromatic heterocycles. The molecule has 6 N–H and O–H groups in total. The lowest BCUT2D eigenvalue weighted by Gasteiger charge is -2.22. The zero-order chi connectivity index (χ0) is 18.2. The quantitative estimate of drug-likeness (QED) is 0.636. The van der Waals surface area contributed by atoms with Crippen LogP contribution in [0.15, 0.2) is 48.5 Å². The summed E-state index contributed by atoms with van der Waals surface area (Å²) in [5, 5.41) is 5.32. The molecule has 0 saturated heterocycles. The van der Waals surface area contributed by atoms with Crippen molar-refractivity contribution in [2.24, 2.45) is 11.5 Å². The Morgan fingerprint density at radius 1 is 0.920 bits per heavy atom. The van der Waals surface area contributed by atoms with Crippen LogP contribution in [0.1, 0.15) is 11.1 Å². The number of carbonyl (C=O) groups excluding carboxylic acids is 2. The van der Waals surface area contributed by atoms with Crippen LogP contribution in [-0.4, -0.2) is 25.5 Å². The van der Waals surface area contributed by atoms with Crippen molar-refractivity contribution in [1.29, 1.82) is 0 Å². The Labute approximate surface area is 147 Å². The van der Waals surface area contributed by atoms with Gasteiger partial charge in [0.2, 0.25) is 5.91 Å². The van der Waals surface area contributed by atoms with E-state index in [1.54, 1.807) is 24.3 Å². The van der Waals surface area contributed by atoms with Crippen molar-refractivity contribution in [2.45, 2.75) is 13.1 Å². The van der Waals surface area contributed by atoms with E-state index >= 15 is 0 Å². The van der Waals surface area contributed by atoms with Gasteiger partial charge in [-0.05, 0) is 35.4 Å². The molecule has 0 spiro atoms. The van der Waals surface area contributed by atoms with Gasteiger partial charge < -0.3 is 22.1 Å². The highest BCUT2D eigenvalue weighted by atomic mass is 16.2. The first-order valence-electron chi connectivity index (χ1n) is 7.94. The van der Waals surface area contributed by atoms with Crippen molar-refractivity contribution >= 4 is 23.3 Å². The maximum atomic E-state index is 12.3. The lowest BCUT2D eigenvalue weighted by Crippen LogP contribution is -2.43. The van der Waals surface area contributed by atoms with Gasteiger partial charge in [0.1, 0.15) is 6.54 Å². The van der Waals surface area contributed by atoms with Crippen LogP contribution in [0.25, 0.3) is 0 Å². The average Bonchev–Trinajstić information content (AvgIpc) is 2.66. The summed E-state index contributed by atoms with van der Waals surface area (Å²) >= 11 is 0. The number of nitrogens with zero attached hydrogens (tertiary/aromatic N) is 1. The fraction of sp³-hybridized carbons (Fsp3) is 0.222. The lowest BCUT2D eigenvalue weighted by molar-refractivity contribution is -0.114. The Hall–Kier alpha value is -2.90. The van der Waals surface area contributed by atoms with Crippen molar-refractivity contribution in [2.75, 3.05) is 23.8 Å². The Morgan fingerprint density at radius 2 is 1.44 bits per heavy atom. The van der Waals surface area contributed by atoms with Gasteiger partial charge in [0, 0.05) is 31.5 Å². The highest BCUT2D eigenvalue weighted by Crippen LogP contribution is 2.16. The van der Waals surface area contributed by atoms with E-state index < -0.39 is 0 Å². The summed E-state index contributed by atoms with van der Waals surface area (Å²) in [6.07, 6.45) is 0. The second kappa shape index (κ2) is 8.81. The Bertz CT molecular complexity index is 713. The van der Waals surface area contributed by atoms with Gasteiger partial charge in [0.25, 0.3) is 0 Å². The van der Waals surface area contributed by atoms with E-state index in [1.165, 1.54) is 11.9 Å². The van der Waals surface area contributed by atoms with E-state index in [-0.39, 0.29) is 18.5 Å². The molecule has 0 atom stereocenters. The highest BCUT2D eigenvalue weighted by molar-refractivity contribution is 6.01. The second-order valence-electron chi connectivity index (χ2n) is 5.46. The Balaban J connectivity index is 2.09. The SMILES string of the molecule is CNC(=O)N(CC(=O)Nc1ccc(CN)cc1)c1ccc(CN)cc1.